The van der Waals surface area contributed by atoms with Crippen molar-refractivity contribution in [2.24, 2.45) is 10.7 Å². The van der Waals surface area contributed by atoms with Gasteiger partial charge >= 0.3 is 5.97 Å². The summed E-state index contributed by atoms with van der Waals surface area (Å²) in [6.07, 6.45) is 0. The number of rotatable bonds is 8. The van der Waals surface area contributed by atoms with Crippen LogP contribution in [0.4, 0.5) is 0 Å². The number of hydrogen-bond acceptors (Lipinski definition) is 5. The van der Waals surface area contributed by atoms with Crippen molar-refractivity contribution in [3.05, 3.63) is 95.1 Å². The highest BCUT2D eigenvalue weighted by atomic mass is 16.5. The first-order valence-corrected chi connectivity index (χ1v) is 9.43. The minimum absolute atomic E-state index is 0.330. The molecule has 2 N–H and O–H groups in total. The summed E-state index contributed by atoms with van der Waals surface area (Å²) in [5.74, 6) is 1.02. The molecular weight excluding hydrogens is 380 g/mol. The minimum atomic E-state index is -0.453. The summed E-state index contributed by atoms with van der Waals surface area (Å²) in [6, 6.07) is 22.7. The number of carbonyl (C=O) groups excluding carboxylic acids is 1. The number of aliphatic imine (C=N–C) groups is 1. The van der Waals surface area contributed by atoms with Gasteiger partial charge in [-0.3, -0.25) is 4.99 Å². The standard InChI is InChI=1S/C24H24N2O4/c1-28-22-14-18(12-13-20(22)24(27)29-2)15-26-23(25)19-10-6-7-11-21(19)30-16-17-8-4-3-5-9-17/h3-14H,15-16H2,1-2H3,(H2,25,26). The maximum atomic E-state index is 11.8. The van der Waals surface area contributed by atoms with Gasteiger partial charge in [-0.25, -0.2) is 4.79 Å². The zero-order chi connectivity index (χ0) is 21.3. The molecule has 0 aliphatic carbocycles. The third-order valence-electron chi connectivity index (χ3n) is 4.50. The van der Waals surface area contributed by atoms with Crippen LogP contribution in [0.3, 0.4) is 0 Å². The second-order valence-corrected chi connectivity index (χ2v) is 6.50. The number of methoxy groups -OCH3 is 2. The second kappa shape index (κ2) is 10.1. The molecule has 154 valence electrons. The Bertz CT molecular complexity index is 1030. The molecule has 0 fully saturated rings. The van der Waals surface area contributed by atoms with Crippen LogP contribution < -0.4 is 15.2 Å². The van der Waals surface area contributed by atoms with Gasteiger partial charge in [0.2, 0.25) is 0 Å². The number of hydrogen-bond donors (Lipinski definition) is 1. The van der Waals surface area contributed by atoms with Gasteiger partial charge in [0.15, 0.2) is 0 Å². The van der Waals surface area contributed by atoms with E-state index in [0.29, 0.717) is 36.0 Å². The van der Waals surface area contributed by atoms with Crippen molar-refractivity contribution in [1.82, 2.24) is 0 Å². The highest BCUT2D eigenvalue weighted by molar-refractivity contribution is 6.00. The third kappa shape index (κ3) is 5.17. The Labute approximate surface area is 175 Å². The molecule has 6 heteroatoms. The number of esters is 1. The van der Waals surface area contributed by atoms with E-state index in [9.17, 15) is 4.79 Å². The van der Waals surface area contributed by atoms with Gasteiger partial charge in [-0.05, 0) is 35.4 Å². The lowest BCUT2D eigenvalue weighted by Gasteiger charge is -2.12. The number of nitrogens with two attached hydrogens (primary N) is 1. The zero-order valence-electron chi connectivity index (χ0n) is 17.0. The summed E-state index contributed by atoms with van der Waals surface area (Å²) in [5, 5.41) is 0. The van der Waals surface area contributed by atoms with Gasteiger partial charge < -0.3 is 19.9 Å². The minimum Gasteiger partial charge on any atom is -0.496 e. The summed E-state index contributed by atoms with van der Waals surface area (Å²) in [4.78, 5) is 16.3. The summed E-state index contributed by atoms with van der Waals surface area (Å²) >= 11 is 0. The van der Waals surface area contributed by atoms with Crippen molar-refractivity contribution in [3.8, 4) is 11.5 Å². The number of ether oxygens (including phenoxy) is 3. The van der Waals surface area contributed by atoms with Crippen molar-refractivity contribution in [2.45, 2.75) is 13.2 Å². The fourth-order valence-corrected chi connectivity index (χ4v) is 2.91. The fourth-order valence-electron chi connectivity index (χ4n) is 2.91. The van der Waals surface area contributed by atoms with E-state index in [1.54, 1.807) is 18.2 Å². The number of para-hydroxylation sites is 1. The van der Waals surface area contributed by atoms with Gasteiger partial charge in [0, 0.05) is 0 Å². The molecule has 3 aromatic carbocycles. The van der Waals surface area contributed by atoms with Crippen LogP contribution in [0.1, 0.15) is 27.0 Å². The van der Waals surface area contributed by atoms with Crippen molar-refractivity contribution >= 4 is 11.8 Å². The quantitative estimate of drug-likeness (QED) is 0.349. The Balaban J connectivity index is 1.75. The average Bonchev–Trinajstić information content (AvgIpc) is 2.81. The lowest BCUT2D eigenvalue weighted by molar-refractivity contribution is 0.0597. The van der Waals surface area contributed by atoms with Crippen LogP contribution in [0, 0.1) is 0 Å². The Hall–Kier alpha value is -3.80. The van der Waals surface area contributed by atoms with E-state index in [1.165, 1.54) is 14.2 Å². The summed E-state index contributed by atoms with van der Waals surface area (Å²) in [7, 11) is 2.83. The Morgan fingerprint density at radius 1 is 0.867 bits per heavy atom. The normalized spacial score (nSPS) is 11.1. The van der Waals surface area contributed by atoms with Gasteiger partial charge in [-0.1, -0.05) is 48.5 Å². The highest BCUT2D eigenvalue weighted by Crippen LogP contribution is 2.23. The fraction of sp³-hybridized carbons (Fsp3) is 0.167. The van der Waals surface area contributed by atoms with Crippen molar-refractivity contribution in [3.63, 3.8) is 0 Å². The van der Waals surface area contributed by atoms with E-state index >= 15 is 0 Å². The molecule has 0 amide bonds. The van der Waals surface area contributed by atoms with Crippen LogP contribution in [0.5, 0.6) is 11.5 Å². The predicted octanol–water partition coefficient (Wildman–Crippen LogP) is 3.97. The molecule has 0 aliphatic heterocycles. The highest BCUT2D eigenvalue weighted by Gasteiger charge is 2.13. The maximum Gasteiger partial charge on any atom is 0.341 e. The Morgan fingerprint density at radius 2 is 1.60 bits per heavy atom. The van der Waals surface area contributed by atoms with E-state index in [-0.39, 0.29) is 0 Å². The zero-order valence-corrected chi connectivity index (χ0v) is 17.0. The average molecular weight is 404 g/mol. The van der Waals surface area contributed by atoms with Crippen LogP contribution in [-0.2, 0) is 17.9 Å². The van der Waals surface area contributed by atoms with Gasteiger partial charge in [0.1, 0.15) is 29.5 Å². The first kappa shape index (κ1) is 20.9. The number of benzene rings is 3. The van der Waals surface area contributed by atoms with E-state index in [1.807, 2.05) is 54.6 Å². The first-order chi connectivity index (χ1) is 14.6. The van der Waals surface area contributed by atoms with E-state index < -0.39 is 5.97 Å². The van der Waals surface area contributed by atoms with Gasteiger partial charge in [-0.2, -0.15) is 0 Å². The van der Waals surface area contributed by atoms with E-state index in [2.05, 4.69) is 4.99 Å². The van der Waals surface area contributed by atoms with Gasteiger partial charge in [0.05, 0.1) is 26.3 Å². The molecule has 0 unspecified atom stereocenters. The molecule has 0 aliphatic rings. The lowest BCUT2D eigenvalue weighted by atomic mass is 10.1. The van der Waals surface area contributed by atoms with E-state index in [0.717, 1.165) is 16.7 Å². The number of carbonyl (C=O) groups is 1. The summed E-state index contributed by atoms with van der Waals surface area (Å²) in [6.45, 7) is 0.772. The summed E-state index contributed by atoms with van der Waals surface area (Å²) in [5.41, 5.74) is 9.26. The Morgan fingerprint density at radius 3 is 2.33 bits per heavy atom. The smallest absolute Gasteiger partial charge is 0.341 e. The second-order valence-electron chi connectivity index (χ2n) is 6.50. The largest absolute Gasteiger partial charge is 0.496 e. The van der Waals surface area contributed by atoms with Crippen LogP contribution in [0.15, 0.2) is 77.8 Å². The molecule has 0 spiro atoms. The van der Waals surface area contributed by atoms with Crippen LogP contribution in [0.2, 0.25) is 0 Å². The molecule has 30 heavy (non-hydrogen) atoms. The van der Waals surface area contributed by atoms with Crippen molar-refractivity contribution < 1.29 is 19.0 Å². The molecule has 0 atom stereocenters. The number of amidine groups is 1. The SMILES string of the molecule is COC(=O)c1ccc(CN=C(N)c2ccccc2OCc2ccccc2)cc1OC. The van der Waals surface area contributed by atoms with Crippen LogP contribution >= 0.6 is 0 Å². The van der Waals surface area contributed by atoms with Gasteiger partial charge in [-0.15, -0.1) is 0 Å². The van der Waals surface area contributed by atoms with Gasteiger partial charge in [0.25, 0.3) is 0 Å². The molecule has 0 heterocycles. The molecule has 0 radical (unpaired) electrons. The lowest BCUT2D eigenvalue weighted by Crippen LogP contribution is -2.15. The topological polar surface area (TPSA) is 83.1 Å². The molecule has 3 aromatic rings. The first-order valence-electron chi connectivity index (χ1n) is 9.43. The molecular formula is C24H24N2O4. The maximum absolute atomic E-state index is 11.8. The molecule has 3 rings (SSSR count). The predicted molar refractivity (Wildman–Crippen MR) is 116 cm³/mol. The molecule has 0 aromatic heterocycles. The van der Waals surface area contributed by atoms with Crippen LogP contribution in [0.25, 0.3) is 0 Å². The van der Waals surface area contributed by atoms with Crippen LogP contribution in [-0.4, -0.2) is 26.0 Å². The number of nitrogens with zero attached hydrogens (tertiary/aromatic N) is 1. The molecule has 0 saturated heterocycles. The summed E-state index contributed by atoms with van der Waals surface area (Å²) < 4.78 is 16.0. The molecule has 0 saturated carbocycles. The van der Waals surface area contributed by atoms with Crippen molar-refractivity contribution in [2.75, 3.05) is 14.2 Å². The van der Waals surface area contributed by atoms with E-state index in [4.69, 9.17) is 19.9 Å². The third-order valence-corrected chi connectivity index (χ3v) is 4.50. The molecule has 6 nitrogen and oxygen atoms in total. The van der Waals surface area contributed by atoms with Crippen molar-refractivity contribution in [1.29, 1.82) is 0 Å². The molecule has 0 bridgehead atoms. The Kier molecular flexibility index (Phi) is 7.05. The monoisotopic (exact) mass is 404 g/mol.